The molecule has 1 aromatic rings. The topological polar surface area (TPSA) is 60.8 Å². The zero-order valence-corrected chi connectivity index (χ0v) is 9.65. The number of hydrogen-bond acceptors (Lipinski definition) is 3. The Balaban J connectivity index is 2.09. The molecule has 0 aromatic heterocycles. The zero-order chi connectivity index (χ0) is 11.7. The third kappa shape index (κ3) is 2.01. The highest BCUT2D eigenvalue weighted by atomic mass is 32.2. The van der Waals surface area contributed by atoms with Gasteiger partial charge >= 0.3 is 6.09 Å². The van der Waals surface area contributed by atoms with E-state index in [1.807, 2.05) is 24.3 Å². The SMILES string of the molecule is CC(C1Cc2ccccc2S1)N(O)C(=O)O. The second-order valence-corrected chi connectivity index (χ2v) is 5.12. The van der Waals surface area contributed by atoms with Gasteiger partial charge in [0.15, 0.2) is 0 Å². The Hall–Kier alpha value is -1.20. The number of amides is 1. The van der Waals surface area contributed by atoms with Crippen molar-refractivity contribution in [1.29, 1.82) is 0 Å². The van der Waals surface area contributed by atoms with Gasteiger partial charge in [0.2, 0.25) is 0 Å². The quantitative estimate of drug-likeness (QED) is 0.614. The van der Waals surface area contributed by atoms with Gasteiger partial charge in [-0.05, 0) is 25.0 Å². The van der Waals surface area contributed by atoms with Crippen molar-refractivity contribution in [3.63, 3.8) is 0 Å². The normalized spacial score (nSPS) is 20.2. The maximum absolute atomic E-state index is 10.6. The molecule has 0 spiro atoms. The number of thioether (sulfide) groups is 1. The highest BCUT2D eigenvalue weighted by Gasteiger charge is 2.31. The minimum Gasteiger partial charge on any atom is -0.463 e. The molecule has 1 aliphatic rings. The average Bonchev–Trinajstić information content (AvgIpc) is 2.70. The van der Waals surface area contributed by atoms with Gasteiger partial charge in [-0.2, -0.15) is 5.06 Å². The van der Waals surface area contributed by atoms with Crippen molar-refractivity contribution in [2.45, 2.75) is 29.5 Å². The molecule has 2 N–H and O–H groups in total. The Kier molecular flexibility index (Phi) is 3.07. The Labute approximate surface area is 97.8 Å². The second kappa shape index (κ2) is 4.35. The standard InChI is InChI=1S/C11H13NO3S/c1-7(12(15)11(13)14)10-6-8-4-2-3-5-9(8)16-10/h2-5,7,10,15H,6H2,1H3,(H,13,14). The largest absolute Gasteiger partial charge is 0.463 e. The minimum atomic E-state index is -1.30. The third-order valence-electron chi connectivity index (χ3n) is 2.79. The zero-order valence-electron chi connectivity index (χ0n) is 8.83. The van der Waals surface area contributed by atoms with Crippen LogP contribution in [0, 0.1) is 0 Å². The number of fused-ring (bicyclic) bond motifs is 1. The van der Waals surface area contributed by atoms with Crippen molar-refractivity contribution in [3.05, 3.63) is 29.8 Å². The number of rotatable bonds is 2. The van der Waals surface area contributed by atoms with E-state index < -0.39 is 12.1 Å². The maximum Gasteiger partial charge on any atom is 0.431 e. The molecule has 5 heteroatoms. The smallest absolute Gasteiger partial charge is 0.431 e. The second-order valence-electron chi connectivity index (χ2n) is 3.84. The van der Waals surface area contributed by atoms with Crippen LogP contribution in [0.5, 0.6) is 0 Å². The molecule has 2 unspecified atom stereocenters. The molecule has 0 bridgehead atoms. The first kappa shape index (κ1) is 11.3. The maximum atomic E-state index is 10.6. The molecular weight excluding hydrogens is 226 g/mol. The van der Waals surface area contributed by atoms with Crippen LogP contribution in [0.1, 0.15) is 12.5 Å². The molecule has 1 heterocycles. The monoisotopic (exact) mass is 239 g/mol. The van der Waals surface area contributed by atoms with E-state index in [-0.39, 0.29) is 5.25 Å². The number of nitrogens with zero attached hydrogens (tertiary/aromatic N) is 1. The summed E-state index contributed by atoms with van der Waals surface area (Å²) in [6.45, 7) is 1.72. The van der Waals surface area contributed by atoms with Crippen LogP contribution in [0.15, 0.2) is 29.2 Å². The summed E-state index contributed by atoms with van der Waals surface area (Å²) in [5, 5.41) is 18.5. The van der Waals surface area contributed by atoms with E-state index >= 15 is 0 Å². The van der Waals surface area contributed by atoms with E-state index in [4.69, 9.17) is 5.11 Å². The van der Waals surface area contributed by atoms with Gasteiger partial charge < -0.3 is 5.11 Å². The third-order valence-corrected chi connectivity index (χ3v) is 4.31. The first-order valence-corrected chi connectivity index (χ1v) is 5.93. The lowest BCUT2D eigenvalue weighted by atomic mass is 10.1. The van der Waals surface area contributed by atoms with E-state index in [1.54, 1.807) is 18.7 Å². The molecule has 86 valence electrons. The van der Waals surface area contributed by atoms with Gasteiger partial charge in [0.05, 0.1) is 6.04 Å². The van der Waals surface area contributed by atoms with Gasteiger partial charge in [0.1, 0.15) is 0 Å². The predicted octanol–water partition coefficient (Wildman–Crippen LogP) is 2.46. The van der Waals surface area contributed by atoms with Crippen LogP contribution in [-0.2, 0) is 6.42 Å². The van der Waals surface area contributed by atoms with Crippen molar-refractivity contribution in [2.75, 3.05) is 0 Å². The molecule has 2 rings (SSSR count). The van der Waals surface area contributed by atoms with Crippen molar-refractivity contribution in [2.24, 2.45) is 0 Å². The minimum absolute atomic E-state index is 0.0819. The first-order chi connectivity index (χ1) is 7.59. The Morgan fingerprint density at radius 2 is 2.25 bits per heavy atom. The highest BCUT2D eigenvalue weighted by Crippen LogP contribution is 2.39. The molecule has 1 aliphatic heterocycles. The summed E-state index contributed by atoms with van der Waals surface area (Å²) in [5.74, 6) is 0. The lowest BCUT2D eigenvalue weighted by Crippen LogP contribution is -2.41. The lowest BCUT2D eigenvalue weighted by molar-refractivity contribution is -0.0912. The molecule has 4 nitrogen and oxygen atoms in total. The molecule has 2 atom stereocenters. The van der Waals surface area contributed by atoms with E-state index in [1.165, 1.54) is 10.5 Å². The van der Waals surface area contributed by atoms with Gasteiger partial charge in [-0.25, -0.2) is 4.79 Å². The lowest BCUT2D eigenvalue weighted by Gasteiger charge is -2.24. The van der Waals surface area contributed by atoms with Gasteiger partial charge in [-0.1, -0.05) is 18.2 Å². The molecule has 1 aromatic carbocycles. The molecule has 0 aliphatic carbocycles. The number of carbonyl (C=O) groups is 1. The molecule has 0 saturated carbocycles. The van der Waals surface area contributed by atoms with Crippen LogP contribution in [0.4, 0.5) is 4.79 Å². The van der Waals surface area contributed by atoms with Crippen molar-refractivity contribution in [3.8, 4) is 0 Å². The summed E-state index contributed by atoms with van der Waals surface area (Å²) in [4.78, 5) is 11.8. The number of hydrogen-bond donors (Lipinski definition) is 2. The fourth-order valence-electron chi connectivity index (χ4n) is 1.81. The van der Waals surface area contributed by atoms with Crippen LogP contribution in [0.25, 0.3) is 0 Å². The Morgan fingerprint density at radius 3 is 2.88 bits per heavy atom. The first-order valence-electron chi connectivity index (χ1n) is 5.05. The van der Waals surface area contributed by atoms with Gasteiger partial charge in [0.25, 0.3) is 0 Å². The summed E-state index contributed by atoms with van der Waals surface area (Å²) < 4.78 is 0. The average molecular weight is 239 g/mol. The number of carboxylic acid groups (broad SMARTS) is 1. The number of benzene rings is 1. The Morgan fingerprint density at radius 1 is 1.56 bits per heavy atom. The van der Waals surface area contributed by atoms with Crippen LogP contribution in [-0.4, -0.2) is 32.8 Å². The molecule has 1 amide bonds. The van der Waals surface area contributed by atoms with Crippen molar-refractivity contribution < 1.29 is 15.1 Å². The van der Waals surface area contributed by atoms with Crippen molar-refractivity contribution >= 4 is 17.9 Å². The van der Waals surface area contributed by atoms with Gasteiger partial charge in [-0.15, -0.1) is 11.8 Å². The summed E-state index contributed by atoms with van der Waals surface area (Å²) in [6, 6.07) is 7.59. The van der Waals surface area contributed by atoms with E-state index in [9.17, 15) is 10.0 Å². The van der Waals surface area contributed by atoms with Crippen molar-refractivity contribution in [1.82, 2.24) is 5.06 Å². The fraction of sp³-hybridized carbons (Fsp3) is 0.364. The van der Waals surface area contributed by atoms with E-state index in [0.29, 0.717) is 5.06 Å². The summed E-state index contributed by atoms with van der Waals surface area (Å²) >= 11 is 1.62. The summed E-state index contributed by atoms with van der Waals surface area (Å²) in [5.41, 5.74) is 1.23. The molecule has 0 fully saturated rings. The molecule has 0 radical (unpaired) electrons. The van der Waals surface area contributed by atoms with Crippen LogP contribution >= 0.6 is 11.8 Å². The van der Waals surface area contributed by atoms with Gasteiger partial charge in [0, 0.05) is 10.1 Å². The summed E-state index contributed by atoms with van der Waals surface area (Å²) in [6.07, 6.45) is -0.504. The van der Waals surface area contributed by atoms with E-state index in [0.717, 1.165) is 6.42 Å². The van der Waals surface area contributed by atoms with Crippen LogP contribution < -0.4 is 0 Å². The summed E-state index contributed by atoms with van der Waals surface area (Å²) in [7, 11) is 0. The van der Waals surface area contributed by atoms with Crippen LogP contribution in [0.2, 0.25) is 0 Å². The predicted molar refractivity (Wildman–Crippen MR) is 60.9 cm³/mol. The molecule has 0 saturated heterocycles. The van der Waals surface area contributed by atoms with E-state index in [2.05, 4.69) is 0 Å². The molecular formula is C11H13NO3S. The van der Waals surface area contributed by atoms with Crippen LogP contribution in [0.3, 0.4) is 0 Å². The fourth-order valence-corrected chi connectivity index (χ4v) is 3.17. The number of hydroxylamine groups is 2. The highest BCUT2D eigenvalue weighted by molar-refractivity contribution is 8.00. The van der Waals surface area contributed by atoms with Gasteiger partial charge in [-0.3, -0.25) is 5.21 Å². The Bertz CT molecular complexity index is 385. The molecule has 16 heavy (non-hydrogen) atoms.